The molecule has 1 aromatic carbocycles. The Morgan fingerprint density at radius 1 is 1.21 bits per heavy atom. The quantitative estimate of drug-likeness (QED) is 0.707. The average Bonchev–Trinajstić information content (AvgIpc) is 2.82. The third-order valence-electron chi connectivity index (χ3n) is 3.27. The first-order valence-corrected chi connectivity index (χ1v) is 8.44. The Bertz CT molecular complexity index is 535. The minimum Gasteiger partial charge on any atom is -0.253 e. The van der Waals surface area contributed by atoms with Crippen molar-refractivity contribution in [3.05, 3.63) is 47.0 Å². The van der Waals surface area contributed by atoms with Crippen molar-refractivity contribution in [1.82, 2.24) is 14.8 Å². The van der Waals surface area contributed by atoms with E-state index < -0.39 is 0 Å². The maximum Gasteiger partial charge on any atom is 0.138 e. The highest BCUT2D eigenvalue weighted by Gasteiger charge is 2.32. The number of halogens is 3. The molecule has 0 aliphatic heterocycles. The largest absolute Gasteiger partial charge is 0.253 e. The van der Waals surface area contributed by atoms with E-state index in [-0.39, 0.29) is 5.41 Å². The van der Waals surface area contributed by atoms with Crippen LogP contribution in [0, 0.1) is 0 Å². The number of hydrogen-bond donors (Lipinski definition) is 0. The minimum atomic E-state index is -0.0641. The van der Waals surface area contributed by atoms with Crippen LogP contribution < -0.4 is 0 Å². The fourth-order valence-corrected chi connectivity index (χ4v) is 4.07. The maximum atomic E-state index is 5.97. The molecule has 0 amide bonds. The second-order valence-electron chi connectivity index (χ2n) is 4.53. The summed E-state index contributed by atoms with van der Waals surface area (Å²) in [5, 5.41) is 6.55. The zero-order valence-corrected chi connectivity index (χ0v) is 14.4. The van der Waals surface area contributed by atoms with Gasteiger partial charge in [0.15, 0.2) is 0 Å². The Morgan fingerprint density at radius 3 is 2.32 bits per heavy atom. The van der Waals surface area contributed by atoms with Crippen LogP contribution in [-0.4, -0.2) is 25.4 Å². The summed E-state index contributed by atoms with van der Waals surface area (Å²) in [6, 6.07) is 7.99. The van der Waals surface area contributed by atoms with Gasteiger partial charge in [-0.05, 0) is 17.7 Å². The van der Waals surface area contributed by atoms with Crippen molar-refractivity contribution < 1.29 is 0 Å². The summed E-state index contributed by atoms with van der Waals surface area (Å²) < 4.78 is 1.82. The summed E-state index contributed by atoms with van der Waals surface area (Å²) >= 11 is 13.2. The van der Waals surface area contributed by atoms with Gasteiger partial charge in [-0.2, -0.15) is 5.10 Å². The smallest absolute Gasteiger partial charge is 0.138 e. The van der Waals surface area contributed by atoms with E-state index in [1.54, 1.807) is 6.33 Å². The van der Waals surface area contributed by atoms with Crippen LogP contribution in [0.3, 0.4) is 0 Å². The lowest BCUT2D eigenvalue weighted by Crippen LogP contribution is -2.34. The van der Waals surface area contributed by atoms with E-state index in [4.69, 9.17) is 11.6 Å². The summed E-state index contributed by atoms with van der Waals surface area (Å²) in [4.78, 5) is 4.32. The molecule has 102 valence electrons. The Morgan fingerprint density at radius 2 is 1.84 bits per heavy atom. The lowest BCUT2D eigenvalue weighted by atomic mass is 9.81. The van der Waals surface area contributed by atoms with Gasteiger partial charge < -0.3 is 0 Å². The highest BCUT2D eigenvalue weighted by Crippen LogP contribution is 2.33. The van der Waals surface area contributed by atoms with Crippen LogP contribution in [-0.2, 0) is 18.9 Å². The zero-order valence-electron chi connectivity index (χ0n) is 10.5. The molecule has 19 heavy (non-hydrogen) atoms. The first-order valence-electron chi connectivity index (χ1n) is 5.82. The number of aromatic nitrogens is 3. The lowest BCUT2D eigenvalue weighted by Gasteiger charge is -2.30. The van der Waals surface area contributed by atoms with E-state index >= 15 is 0 Å². The second kappa shape index (κ2) is 6.37. The van der Waals surface area contributed by atoms with Gasteiger partial charge in [0.25, 0.3) is 0 Å². The third kappa shape index (κ3) is 3.20. The first-order chi connectivity index (χ1) is 9.11. The van der Waals surface area contributed by atoms with E-state index in [0.717, 1.165) is 27.9 Å². The molecule has 0 aliphatic carbocycles. The van der Waals surface area contributed by atoms with Crippen molar-refractivity contribution in [3.8, 4) is 0 Å². The first kappa shape index (κ1) is 15.0. The molecule has 2 aromatic rings. The molecule has 3 nitrogen and oxygen atoms in total. The average molecular weight is 408 g/mol. The molecule has 0 bridgehead atoms. The number of rotatable bonds is 5. The minimum absolute atomic E-state index is 0.0641. The summed E-state index contributed by atoms with van der Waals surface area (Å²) in [6.07, 6.45) is 2.39. The number of alkyl halides is 2. The molecule has 0 spiro atoms. The molecular weight excluding hydrogens is 393 g/mol. The van der Waals surface area contributed by atoms with E-state index in [9.17, 15) is 0 Å². The predicted molar refractivity (Wildman–Crippen MR) is 85.4 cm³/mol. The van der Waals surface area contributed by atoms with E-state index in [1.165, 1.54) is 5.56 Å². The Kier molecular flexibility index (Phi) is 5.03. The van der Waals surface area contributed by atoms with Crippen molar-refractivity contribution in [2.75, 3.05) is 10.7 Å². The van der Waals surface area contributed by atoms with Crippen LogP contribution in [0.1, 0.15) is 11.4 Å². The van der Waals surface area contributed by atoms with Gasteiger partial charge in [0.2, 0.25) is 0 Å². The van der Waals surface area contributed by atoms with E-state index in [1.807, 2.05) is 23.9 Å². The van der Waals surface area contributed by atoms with Gasteiger partial charge in [0, 0.05) is 34.6 Å². The molecule has 0 saturated heterocycles. The van der Waals surface area contributed by atoms with Gasteiger partial charge >= 0.3 is 0 Å². The van der Waals surface area contributed by atoms with Crippen LogP contribution >= 0.6 is 43.5 Å². The van der Waals surface area contributed by atoms with Crippen molar-refractivity contribution in [2.45, 2.75) is 11.8 Å². The van der Waals surface area contributed by atoms with Crippen LogP contribution in [0.4, 0.5) is 0 Å². The van der Waals surface area contributed by atoms with Gasteiger partial charge in [-0.25, -0.2) is 4.98 Å². The maximum absolute atomic E-state index is 5.97. The lowest BCUT2D eigenvalue weighted by molar-refractivity contribution is 0.515. The molecule has 6 heteroatoms. The zero-order chi connectivity index (χ0) is 13.9. The van der Waals surface area contributed by atoms with Crippen molar-refractivity contribution in [1.29, 1.82) is 0 Å². The summed E-state index contributed by atoms with van der Waals surface area (Å²) in [6.45, 7) is 0. The number of aryl methyl sites for hydroxylation is 1. The van der Waals surface area contributed by atoms with Crippen LogP contribution in [0.15, 0.2) is 30.6 Å². The van der Waals surface area contributed by atoms with E-state index in [0.29, 0.717) is 0 Å². The molecule has 0 N–H and O–H groups in total. The molecule has 2 rings (SSSR count). The van der Waals surface area contributed by atoms with Crippen molar-refractivity contribution in [2.24, 2.45) is 7.05 Å². The summed E-state index contributed by atoms with van der Waals surface area (Å²) in [5.74, 6) is 0.967. The van der Waals surface area contributed by atoms with Crippen LogP contribution in [0.25, 0.3) is 0 Å². The van der Waals surface area contributed by atoms with Crippen molar-refractivity contribution in [3.63, 3.8) is 0 Å². The number of benzene rings is 1. The molecule has 0 unspecified atom stereocenters. The SMILES string of the molecule is Cn1ncnc1CC(CBr)(CBr)c1ccc(Cl)cc1. The number of nitrogens with zero attached hydrogens (tertiary/aromatic N) is 3. The Labute approximate surface area is 134 Å². The standard InChI is InChI=1S/C13H14Br2ClN3/c1-19-12(17-9-18-19)6-13(7-14,8-15)10-2-4-11(16)5-3-10/h2-5,9H,6-8H2,1H3. The highest BCUT2D eigenvalue weighted by atomic mass is 79.9. The summed E-state index contributed by atoms with van der Waals surface area (Å²) in [7, 11) is 1.91. The van der Waals surface area contributed by atoms with Gasteiger partial charge in [0.1, 0.15) is 12.2 Å². The molecule has 0 radical (unpaired) electrons. The Hall–Kier alpha value is -0.390. The number of hydrogen-bond acceptors (Lipinski definition) is 2. The fourth-order valence-electron chi connectivity index (χ4n) is 1.97. The molecular formula is C13H14Br2ClN3. The third-order valence-corrected chi connectivity index (χ3v) is 5.67. The van der Waals surface area contributed by atoms with Gasteiger partial charge in [-0.3, -0.25) is 4.68 Å². The molecule has 0 fully saturated rings. The van der Waals surface area contributed by atoms with Crippen molar-refractivity contribution >= 4 is 43.5 Å². The highest BCUT2D eigenvalue weighted by molar-refractivity contribution is 9.09. The van der Waals surface area contributed by atoms with E-state index in [2.05, 4.69) is 54.1 Å². The monoisotopic (exact) mass is 405 g/mol. The summed E-state index contributed by atoms with van der Waals surface area (Å²) in [5.41, 5.74) is 1.17. The van der Waals surface area contributed by atoms with Gasteiger partial charge in [-0.1, -0.05) is 55.6 Å². The molecule has 1 heterocycles. The topological polar surface area (TPSA) is 30.7 Å². The van der Waals surface area contributed by atoms with Gasteiger partial charge in [-0.15, -0.1) is 0 Å². The fraction of sp³-hybridized carbons (Fsp3) is 0.385. The van der Waals surface area contributed by atoms with Crippen LogP contribution in [0.2, 0.25) is 5.02 Å². The normalized spacial score (nSPS) is 11.8. The molecule has 0 aliphatic rings. The molecule has 0 saturated carbocycles. The second-order valence-corrected chi connectivity index (χ2v) is 6.09. The molecule has 1 aromatic heterocycles. The molecule has 0 atom stereocenters. The predicted octanol–water partition coefficient (Wildman–Crippen LogP) is 3.74. The van der Waals surface area contributed by atoms with Crippen LogP contribution in [0.5, 0.6) is 0 Å². The van der Waals surface area contributed by atoms with Gasteiger partial charge in [0.05, 0.1) is 0 Å². The Balaban J connectivity index is 2.37.